The van der Waals surface area contributed by atoms with Crippen molar-refractivity contribution in [1.82, 2.24) is 5.32 Å². The zero-order chi connectivity index (χ0) is 13.5. The molecule has 1 aromatic rings. The number of carbonyl (C=O) groups excluding carboxylic acids is 1. The number of nitrogens with one attached hydrogen (secondary N) is 1. The number of hydrogen-bond acceptors (Lipinski definition) is 3. The maximum Gasteiger partial charge on any atom is 0.224 e. The monoisotopic (exact) mass is 258 g/mol. The summed E-state index contributed by atoms with van der Waals surface area (Å²) in [6.07, 6.45) is 3.79. The van der Waals surface area contributed by atoms with Crippen molar-refractivity contribution in [3.05, 3.63) is 35.4 Å². The standard InChI is InChI=1S/C15H18N2O2/c16-11-13-5-3-12(4-6-13)10-15(18)17-8-7-14-2-1-9-19-14/h3-6,14H,1-2,7-10H2,(H,17,18). The number of nitrogens with zero attached hydrogens (tertiary/aromatic N) is 1. The Morgan fingerprint density at radius 3 is 2.84 bits per heavy atom. The maximum atomic E-state index is 11.7. The summed E-state index contributed by atoms with van der Waals surface area (Å²) in [6, 6.07) is 9.16. The van der Waals surface area contributed by atoms with Crippen molar-refractivity contribution < 1.29 is 9.53 Å². The fraction of sp³-hybridized carbons (Fsp3) is 0.467. The van der Waals surface area contributed by atoms with E-state index in [-0.39, 0.29) is 5.91 Å². The number of ether oxygens (including phenoxy) is 1. The molecule has 1 saturated heterocycles. The van der Waals surface area contributed by atoms with Gasteiger partial charge in [0.05, 0.1) is 24.2 Å². The van der Waals surface area contributed by atoms with Gasteiger partial charge in [0.2, 0.25) is 5.91 Å². The molecule has 2 rings (SSSR count). The minimum absolute atomic E-state index is 0.0164. The molecule has 0 spiro atoms. The Kier molecular flexibility index (Phi) is 4.93. The summed E-state index contributed by atoms with van der Waals surface area (Å²) < 4.78 is 5.50. The molecule has 1 fully saturated rings. The zero-order valence-corrected chi connectivity index (χ0v) is 10.9. The molecule has 1 aliphatic heterocycles. The van der Waals surface area contributed by atoms with Gasteiger partial charge in [0.1, 0.15) is 0 Å². The quantitative estimate of drug-likeness (QED) is 0.875. The Morgan fingerprint density at radius 1 is 1.42 bits per heavy atom. The highest BCUT2D eigenvalue weighted by molar-refractivity contribution is 5.78. The molecule has 19 heavy (non-hydrogen) atoms. The van der Waals surface area contributed by atoms with Crippen molar-refractivity contribution in [3.8, 4) is 6.07 Å². The van der Waals surface area contributed by atoms with Gasteiger partial charge >= 0.3 is 0 Å². The lowest BCUT2D eigenvalue weighted by atomic mass is 10.1. The molecule has 0 radical (unpaired) electrons. The molecule has 0 aromatic heterocycles. The Hall–Kier alpha value is -1.86. The van der Waals surface area contributed by atoms with Gasteiger partial charge in [-0.2, -0.15) is 5.26 Å². The number of carbonyl (C=O) groups is 1. The summed E-state index contributed by atoms with van der Waals surface area (Å²) in [5.41, 5.74) is 1.54. The summed E-state index contributed by atoms with van der Waals surface area (Å²) in [5, 5.41) is 11.6. The third-order valence-electron chi connectivity index (χ3n) is 3.26. The van der Waals surface area contributed by atoms with Crippen molar-refractivity contribution in [1.29, 1.82) is 5.26 Å². The largest absolute Gasteiger partial charge is 0.378 e. The molecule has 1 unspecified atom stereocenters. The van der Waals surface area contributed by atoms with E-state index in [0.29, 0.717) is 24.6 Å². The summed E-state index contributed by atoms with van der Waals surface area (Å²) in [4.78, 5) is 11.7. The van der Waals surface area contributed by atoms with Crippen LogP contribution in [0.3, 0.4) is 0 Å². The van der Waals surface area contributed by atoms with Gasteiger partial charge in [0.15, 0.2) is 0 Å². The third-order valence-corrected chi connectivity index (χ3v) is 3.26. The van der Waals surface area contributed by atoms with Crippen LogP contribution in [0.25, 0.3) is 0 Å². The molecule has 1 aliphatic rings. The maximum absolute atomic E-state index is 11.7. The molecule has 1 N–H and O–H groups in total. The molecule has 4 nitrogen and oxygen atoms in total. The molecular weight excluding hydrogens is 240 g/mol. The van der Waals surface area contributed by atoms with Crippen molar-refractivity contribution >= 4 is 5.91 Å². The van der Waals surface area contributed by atoms with Crippen LogP contribution in [0.4, 0.5) is 0 Å². The van der Waals surface area contributed by atoms with Gasteiger partial charge in [-0.05, 0) is 37.0 Å². The molecule has 1 heterocycles. The lowest BCUT2D eigenvalue weighted by molar-refractivity contribution is -0.120. The van der Waals surface area contributed by atoms with Gasteiger partial charge in [-0.25, -0.2) is 0 Å². The average Bonchev–Trinajstić information content (AvgIpc) is 2.93. The zero-order valence-electron chi connectivity index (χ0n) is 10.9. The molecule has 1 aromatic carbocycles. The number of nitriles is 1. The normalized spacial score (nSPS) is 17.9. The van der Waals surface area contributed by atoms with E-state index in [2.05, 4.69) is 11.4 Å². The van der Waals surface area contributed by atoms with Crippen molar-refractivity contribution in [2.24, 2.45) is 0 Å². The van der Waals surface area contributed by atoms with Gasteiger partial charge in [-0.15, -0.1) is 0 Å². The number of amides is 1. The first-order chi connectivity index (χ1) is 9.28. The molecule has 0 bridgehead atoms. The number of hydrogen-bond donors (Lipinski definition) is 1. The predicted molar refractivity (Wildman–Crippen MR) is 71.5 cm³/mol. The lowest BCUT2D eigenvalue weighted by Gasteiger charge is -2.10. The van der Waals surface area contributed by atoms with E-state index in [1.54, 1.807) is 12.1 Å². The van der Waals surface area contributed by atoms with Crippen LogP contribution < -0.4 is 5.32 Å². The van der Waals surface area contributed by atoms with E-state index in [1.165, 1.54) is 0 Å². The molecule has 100 valence electrons. The summed E-state index contributed by atoms with van der Waals surface area (Å²) in [6.45, 7) is 1.52. The van der Waals surface area contributed by atoms with Crippen LogP contribution in [0.2, 0.25) is 0 Å². The fourth-order valence-corrected chi connectivity index (χ4v) is 2.19. The van der Waals surface area contributed by atoms with Crippen LogP contribution in [0, 0.1) is 11.3 Å². The second-order valence-electron chi connectivity index (χ2n) is 4.76. The first-order valence-electron chi connectivity index (χ1n) is 6.65. The van der Waals surface area contributed by atoms with Crippen molar-refractivity contribution in [2.75, 3.05) is 13.2 Å². The summed E-state index contributed by atoms with van der Waals surface area (Å²) >= 11 is 0. The molecule has 1 amide bonds. The van der Waals surface area contributed by atoms with Gasteiger partial charge in [-0.3, -0.25) is 4.79 Å². The van der Waals surface area contributed by atoms with E-state index < -0.39 is 0 Å². The Bertz CT molecular complexity index is 456. The average molecular weight is 258 g/mol. The van der Waals surface area contributed by atoms with Gasteiger partial charge in [0, 0.05) is 13.2 Å². The summed E-state index contributed by atoms with van der Waals surface area (Å²) in [5.74, 6) is 0.0164. The Morgan fingerprint density at radius 2 is 2.21 bits per heavy atom. The predicted octanol–water partition coefficient (Wildman–Crippen LogP) is 1.79. The van der Waals surface area contributed by atoms with Crippen LogP contribution in [-0.4, -0.2) is 25.2 Å². The molecular formula is C15H18N2O2. The van der Waals surface area contributed by atoms with Crippen LogP contribution in [0.5, 0.6) is 0 Å². The highest BCUT2D eigenvalue weighted by Gasteiger charge is 2.15. The molecule has 0 saturated carbocycles. The first-order valence-corrected chi connectivity index (χ1v) is 6.65. The molecule has 0 aliphatic carbocycles. The molecule has 4 heteroatoms. The van der Waals surface area contributed by atoms with Gasteiger partial charge in [0.25, 0.3) is 0 Å². The van der Waals surface area contributed by atoms with Crippen LogP contribution in [0.15, 0.2) is 24.3 Å². The van der Waals surface area contributed by atoms with Gasteiger partial charge < -0.3 is 10.1 Å². The second-order valence-corrected chi connectivity index (χ2v) is 4.76. The van der Waals surface area contributed by atoms with Gasteiger partial charge in [-0.1, -0.05) is 12.1 Å². The van der Waals surface area contributed by atoms with Crippen LogP contribution >= 0.6 is 0 Å². The Labute approximate surface area is 113 Å². The van der Waals surface area contributed by atoms with Crippen LogP contribution in [0.1, 0.15) is 30.4 Å². The highest BCUT2D eigenvalue weighted by Crippen LogP contribution is 2.14. The molecule has 1 atom stereocenters. The second kappa shape index (κ2) is 6.91. The van der Waals surface area contributed by atoms with E-state index in [4.69, 9.17) is 10.00 Å². The van der Waals surface area contributed by atoms with E-state index in [9.17, 15) is 4.79 Å². The van der Waals surface area contributed by atoms with Crippen molar-refractivity contribution in [3.63, 3.8) is 0 Å². The van der Waals surface area contributed by atoms with Crippen molar-refractivity contribution in [2.45, 2.75) is 31.8 Å². The minimum Gasteiger partial charge on any atom is -0.378 e. The number of benzene rings is 1. The van der Waals surface area contributed by atoms with E-state index in [1.807, 2.05) is 12.1 Å². The Balaban J connectivity index is 1.69. The smallest absolute Gasteiger partial charge is 0.224 e. The lowest BCUT2D eigenvalue weighted by Crippen LogP contribution is -2.28. The number of rotatable bonds is 5. The fourth-order valence-electron chi connectivity index (χ4n) is 2.19. The highest BCUT2D eigenvalue weighted by atomic mass is 16.5. The SMILES string of the molecule is N#Cc1ccc(CC(=O)NCCC2CCCO2)cc1. The third kappa shape index (κ3) is 4.38. The minimum atomic E-state index is 0.0164. The van der Waals surface area contributed by atoms with E-state index in [0.717, 1.165) is 31.4 Å². The topological polar surface area (TPSA) is 62.1 Å². The van der Waals surface area contributed by atoms with E-state index >= 15 is 0 Å². The first kappa shape index (κ1) is 13.6. The van der Waals surface area contributed by atoms with Crippen LogP contribution in [-0.2, 0) is 16.0 Å². The summed E-state index contributed by atoms with van der Waals surface area (Å²) in [7, 11) is 0.